The molecule has 0 aromatic carbocycles. The summed E-state index contributed by atoms with van der Waals surface area (Å²) >= 11 is 0. The lowest BCUT2D eigenvalue weighted by molar-refractivity contribution is -0.191. The normalized spacial score (nSPS) is 56.4. The number of aliphatic carboxylic acids is 1. The quantitative estimate of drug-likeness (QED) is 0.510. The molecule has 31 heavy (non-hydrogen) atoms. The number of hydrogen-bond donors (Lipinski definition) is 3. The standard InChI is InChI=1S/C27H42O4/c1-15-7-11-27(24(30)31)12-9-19-17(20(27)13-15)5-6-22-25(19,3)10-8-18-16(2)23(29)21(28)14-26(18,22)4/h5,15-16,18-23,28-29H,6-14H2,1-4H3,(H,30,31). The highest BCUT2D eigenvalue weighted by Crippen LogP contribution is 2.70. The molecule has 4 heteroatoms. The minimum atomic E-state index is -0.630. The maximum atomic E-state index is 12.5. The van der Waals surface area contributed by atoms with Crippen molar-refractivity contribution in [1.29, 1.82) is 0 Å². The summed E-state index contributed by atoms with van der Waals surface area (Å²) in [6, 6.07) is 0. The number of allylic oxidation sites excluding steroid dienone is 2. The van der Waals surface area contributed by atoms with Gasteiger partial charge in [-0.05, 0) is 104 Å². The van der Waals surface area contributed by atoms with Crippen LogP contribution in [0, 0.1) is 51.8 Å². The fourth-order valence-corrected chi connectivity index (χ4v) is 9.86. The lowest BCUT2D eigenvalue weighted by Crippen LogP contribution is -2.62. The molecule has 11 atom stereocenters. The van der Waals surface area contributed by atoms with Crippen molar-refractivity contribution in [1.82, 2.24) is 0 Å². The molecule has 0 radical (unpaired) electrons. The van der Waals surface area contributed by atoms with Crippen LogP contribution < -0.4 is 0 Å². The predicted molar refractivity (Wildman–Crippen MR) is 120 cm³/mol. The zero-order valence-corrected chi connectivity index (χ0v) is 19.8. The number of carboxylic acids is 1. The van der Waals surface area contributed by atoms with Crippen molar-refractivity contribution in [2.75, 3.05) is 0 Å². The van der Waals surface area contributed by atoms with Crippen molar-refractivity contribution < 1.29 is 20.1 Å². The third-order valence-corrected chi connectivity index (χ3v) is 11.5. The fraction of sp³-hybridized carbons (Fsp3) is 0.889. The summed E-state index contributed by atoms with van der Waals surface area (Å²) in [7, 11) is 0. The number of carbonyl (C=O) groups is 1. The zero-order chi connectivity index (χ0) is 22.3. The third kappa shape index (κ3) is 2.82. The Bertz CT molecular complexity index is 790. The molecule has 11 unspecified atom stereocenters. The molecule has 4 saturated carbocycles. The minimum Gasteiger partial charge on any atom is -0.481 e. The molecule has 4 fully saturated rings. The largest absolute Gasteiger partial charge is 0.481 e. The van der Waals surface area contributed by atoms with Gasteiger partial charge in [0.25, 0.3) is 0 Å². The molecule has 5 aliphatic rings. The van der Waals surface area contributed by atoms with E-state index in [0.717, 1.165) is 51.4 Å². The van der Waals surface area contributed by atoms with Gasteiger partial charge in [0.05, 0.1) is 17.6 Å². The van der Waals surface area contributed by atoms with Gasteiger partial charge in [-0.2, -0.15) is 0 Å². The minimum absolute atomic E-state index is 0.0360. The van der Waals surface area contributed by atoms with Gasteiger partial charge in [0.1, 0.15) is 0 Å². The number of rotatable bonds is 1. The Morgan fingerprint density at radius 1 is 1.00 bits per heavy atom. The zero-order valence-electron chi connectivity index (χ0n) is 19.8. The molecule has 0 saturated heterocycles. The highest BCUT2D eigenvalue weighted by Gasteiger charge is 2.64. The van der Waals surface area contributed by atoms with E-state index in [1.54, 1.807) is 0 Å². The predicted octanol–water partition coefficient (Wildman–Crippen LogP) is 5.03. The average molecular weight is 431 g/mol. The molecule has 5 aliphatic carbocycles. The lowest BCUT2D eigenvalue weighted by atomic mass is 9.38. The van der Waals surface area contributed by atoms with Crippen molar-refractivity contribution in [2.45, 2.75) is 97.7 Å². The number of aliphatic hydroxyl groups is 2. The van der Waals surface area contributed by atoms with Gasteiger partial charge in [-0.1, -0.05) is 39.3 Å². The molecular weight excluding hydrogens is 388 g/mol. The SMILES string of the molecule is CC1CCC2(C(=O)O)CCC3C(=CCC4C3(C)CCC3C(C)C(O)C(O)CC34C)C2C1. The van der Waals surface area contributed by atoms with Gasteiger partial charge in [-0.25, -0.2) is 0 Å². The first-order valence-corrected chi connectivity index (χ1v) is 12.8. The molecule has 0 amide bonds. The summed E-state index contributed by atoms with van der Waals surface area (Å²) in [5, 5.41) is 31.6. The Morgan fingerprint density at radius 2 is 1.71 bits per heavy atom. The molecule has 0 heterocycles. The van der Waals surface area contributed by atoms with Crippen molar-refractivity contribution in [3.05, 3.63) is 11.6 Å². The first-order chi connectivity index (χ1) is 14.5. The number of carboxylic acid groups (broad SMARTS) is 1. The van der Waals surface area contributed by atoms with Crippen LogP contribution in [0.2, 0.25) is 0 Å². The van der Waals surface area contributed by atoms with E-state index in [4.69, 9.17) is 0 Å². The van der Waals surface area contributed by atoms with Gasteiger partial charge in [0.2, 0.25) is 0 Å². The van der Waals surface area contributed by atoms with Gasteiger partial charge < -0.3 is 15.3 Å². The van der Waals surface area contributed by atoms with Crippen LogP contribution in [-0.2, 0) is 4.79 Å². The molecular formula is C27H42O4. The smallest absolute Gasteiger partial charge is 0.310 e. The topological polar surface area (TPSA) is 77.8 Å². The van der Waals surface area contributed by atoms with E-state index < -0.39 is 23.6 Å². The molecule has 3 N–H and O–H groups in total. The first kappa shape index (κ1) is 21.9. The van der Waals surface area contributed by atoms with Crippen molar-refractivity contribution in [3.63, 3.8) is 0 Å². The van der Waals surface area contributed by atoms with E-state index in [9.17, 15) is 20.1 Å². The number of aliphatic hydroxyl groups excluding tert-OH is 2. The maximum Gasteiger partial charge on any atom is 0.310 e. The Morgan fingerprint density at radius 3 is 2.42 bits per heavy atom. The molecule has 0 aromatic rings. The fourth-order valence-electron chi connectivity index (χ4n) is 9.86. The summed E-state index contributed by atoms with van der Waals surface area (Å²) in [6.45, 7) is 9.30. The van der Waals surface area contributed by atoms with Gasteiger partial charge in [0, 0.05) is 0 Å². The van der Waals surface area contributed by atoms with Crippen LogP contribution in [0.4, 0.5) is 0 Å². The molecule has 0 aliphatic heterocycles. The van der Waals surface area contributed by atoms with Gasteiger partial charge >= 0.3 is 5.97 Å². The van der Waals surface area contributed by atoms with Crippen molar-refractivity contribution in [3.8, 4) is 0 Å². The monoisotopic (exact) mass is 430 g/mol. The van der Waals surface area contributed by atoms with Crippen LogP contribution >= 0.6 is 0 Å². The Labute approximate surface area is 187 Å². The first-order valence-electron chi connectivity index (χ1n) is 12.8. The van der Waals surface area contributed by atoms with Gasteiger partial charge in [-0.15, -0.1) is 0 Å². The molecule has 0 aromatic heterocycles. The third-order valence-electron chi connectivity index (χ3n) is 11.5. The van der Waals surface area contributed by atoms with E-state index in [0.29, 0.717) is 30.1 Å². The van der Waals surface area contributed by atoms with Gasteiger partial charge in [-0.3, -0.25) is 4.79 Å². The summed E-state index contributed by atoms with van der Waals surface area (Å²) in [4.78, 5) is 12.5. The molecule has 0 spiro atoms. The van der Waals surface area contributed by atoms with E-state index in [-0.39, 0.29) is 22.7 Å². The Balaban J connectivity index is 1.54. The Kier molecular flexibility index (Phi) is 5.00. The van der Waals surface area contributed by atoms with Crippen LogP contribution in [-0.4, -0.2) is 33.5 Å². The van der Waals surface area contributed by atoms with Crippen LogP contribution in [0.25, 0.3) is 0 Å². The second-order valence-corrected chi connectivity index (χ2v) is 12.8. The second-order valence-electron chi connectivity index (χ2n) is 12.8. The van der Waals surface area contributed by atoms with E-state index in [2.05, 4.69) is 33.8 Å². The van der Waals surface area contributed by atoms with Crippen molar-refractivity contribution >= 4 is 5.97 Å². The second kappa shape index (κ2) is 7.06. The summed E-state index contributed by atoms with van der Waals surface area (Å²) in [5.41, 5.74) is 1.14. The average Bonchev–Trinajstić information content (AvgIpc) is 2.71. The van der Waals surface area contributed by atoms with E-state index in [1.807, 2.05) is 0 Å². The van der Waals surface area contributed by atoms with E-state index >= 15 is 0 Å². The highest BCUT2D eigenvalue weighted by molar-refractivity contribution is 5.76. The van der Waals surface area contributed by atoms with Crippen LogP contribution in [0.15, 0.2) is 11.6 Å². The Hall–Kier alpha value is -0.870. The number of hydrogen-bond acceptors (Lipinski definition) is 3. The van der Waals surface area contributed by atoms with Crippen LogP contribution in [0.3, 0.4) is 0 Å². The molecule has 4 nitrogen and oxygen atoms in total. The number of fused-ring (bicyclic) bond motifs is 7. The molecule has 0 bridgehead atoms. The summed E-state index contributed by atoms with van der Waals surface area (Å²) in [5.74, 6) is 1.80. The maximum absolute atomic E-state index is 12.5. The van der Waals surface area contributed by atoms with E-state index in [1.165, 1.54) is 5.57 Å². The van der Waals surface area contributed by atoms with Crippen molar-refractivity contribution in [2.24, 2.45) is 51.8 Å². The van der Waals surface area contributed by atoms with Crippen LogP contribution in [0.5, 0.6) is 0 Å². The summed E-state index contributed by atoms with van der Waals surface area (Å²) in [6.07, 6.45) is 9.92. The lowest BCUT2D eigenvalue weighted by Gasteiger charge is -2.66. The summed E-state index contributed by atoms with van der Waals surface area (Å²) < 4.78 is 0. The van der Waals surface area contributed by atoms with Crippen LogP contribution in [0.1, 0.15) is 85.5 Å². The molecule has 5 rings (SSSR count). The molecule has 174 valence electrons. The van der Waals surface area contributed by atoms with Gasteiger partial charge in [0.15, 0.2) is 0 Å². The highest BCUT2D eigenvalue weighted by atomic mass is 16.4.